The summed E-state index contributed by atoms with van der Waals surface area (Å²) in [6.45, 7) is -0.607. The average molecular weight is 338 g/mol. The number of hydrogen-bond donors (Lipinski definition) is 1. The van der Waals surface area contributed by atoms with Gasteiger partial charge in [0.05, 0.1) is 5.69 Å². The number of hydrogen-bond acceptors (Lipinski definition) is 4. The summed E-state index contributed by atoms with van der Waals surface area (Å²) >= 11 is 0. The molecule has 3 aromatic rings. The Morgan fingerprint density at radius 1 is 1.32 bits per heavy atom. The molecule has 0 radical (unpaired) electrons. The van der Waals surface area contributed by atoms with Crippen molar-refractivity contribution in [3.63, 3.8) is 0 Å². The van der Waals surface area contributed by atoms with Crippen LogP contribution >= 0.6 is 0 Å². The minimum atomic E-state index is -2.37. The van der Waals surface area contributed by atoms with E-state index in [1.807, 2.05) is 36.5 Å². The molecule has 1 N–H and O–H groups in total. The van der Waals surface area contributed by atoms with Gasteiger partial charge in [-0.05, 0) is 54.3 Å². The van der Waals surface area contributed by atoms with E-state index < -0.39 is 12.7 Å². The Morgan fingerprint density at radius 2 is 2.08 bits per heavy atom. The Kier molecular flexibility index (Phi) is 3.12. The molecule has 0 fully saturated rings. The van der Waals surface area contributed by atoms with Crippen molar-refractivity contribution in [2.75, 3.05) is 6.75 Å². The first-order chi connectivity index (χ1) is 12.8. The molecule has 0 saturated heterocycles. The van der Waals surface area contributed by atoms with Crippen LogP contribution in [0.1, 0.15) is 29.8 Å². The molecule has 2 heterocycles. The summed E-state index contributed by atoms with van der Waals surface area (Å²) in [5.74, 6) is -1.12. The number of carboxylic acid groups (broad SMARTS) is 1. The van der Waals surface area contributed by atoms with Gasteiger partial charge in [-0.15, -0.1) is 0 Å². The van der Waals surface area contributed by atoms with Gasteiger partial charge in [-0.25, -0.2) is 9.48 Å². The van der Waals surface area contributed by atoms with E-state index in [2.05, 4.69) is 5.10 Å². The van der Waals surface area contributed by atoms with Crippen LogP contribution in [-0.2, 0) is 6.42 Å². The molecule has 0 amide bonds. The van der Waals surface area contributed by atoms with E-state index in [1.54, 1.807) is 17.8 Å². The standard InChI is InChI=1S/C19H16N2O4/c1-12-14(10-16(19(22)23)18-17(12)24-11-25-18)9-13-3-5-15(6-4-13)21-8-2-7-20-21/h2-8,10H,9,11H2,1H3,(H,22,23)/i11D2. The zero-order valence-electron chi connectivity index (χ0n) is 15.4. The fourth-order valence-electron chi connectivity index (χ4n) is 2.87. The molecule has 0 aliphatic carbocycles. The Morgan fingerprint density at radius 3 is 2.76 bits per heavy atom. The molecule has 0 spiro atoms. The van der Waals surface area contributed by atoms with E-state index in [4.69, 9.17) is 12.2 Å². The smallest absolute Gasteiger partial charge is 0.339 e. The summed E-state index contributed by atoms with van der Waals surface area (Å²) in [6, 6.07) is 11.1. The van der Waals surface area contributed by atoms with Crippen LogP contribution in [0.15, 0.2) is 48.8 Å². The van der Waals surface area contributed by atoms with Crippen molar-refractivity contribution in [2.24, 2.45) is 0 Å². The van der Waals surface area contributed by atoms with Crippen LogP contribution in [-0.4, -0.2) is 27.6 Å². The number of ether oxygens (including phenoxy) is 2. The molecular weight excluding hydrogens is 320 g/mol. The van der Waals surface area contributed by atoms with Crippen molar-refractivity contribution >= 4 is 5.97 Å². The summed E-state index contributed by atoms with van der Waals surface area (Å²) in [5.41, 5.74) is 3.18. The Hall–Kier alpha value is -3.28. The van der Waals surface area contributed by atoms with Crippen LogP contribution in [0.25, 0.3) is 5.69 Å². The highest BCUT2D eigenvalue weighted by atomic mass is 16.7. The molecule has 2 aromatic carbocycles. The van der Waals surface area contributed by atoms with Gasteiger partial charge in [0.15, 0.2) is 11.5 Å². The van der Waals surface area contributed by atoms with E-state index >= 15 is 0 Å². The predicted molar refractivity (Wildman–Crippen MR) is 90.6 cm³/mol. The molecule has 6 nitrogen and oxygen atoms in total. The zero-order chi connectivity index (χ0) is 19.2. The number of carbonyl (C=O) groups is 1. The molecule has 0 bridgehead atoms. The molecule has 1 aliphatic rings. The van der Waals surface area contributed by atoms with Gasteiger partial charge in [-0.3, -0.25) is 0 Å². The monoisotopic (exact) mass is 338 g/mol. The molecule has 25 heavy (non-hydrogen) atoms. The lowest BCUT2D eigenvalue weighted by atomic mass is 9.96. The molecule has 0 saturated carbocycles. The second kappa shape index (κ2) is 5.98. The lowest BCUT2D eigenvalue weighted by Crippen LogP contribution is -2.03. The Labute approximate surface area is 147 Å². The first kappa shape index (κ1) is 13.1. The number of carboxylic acids is 1. The number of rotatable bonds is 4. The van der Waals surface area contributed by atoms with Gasteiger partial charge in [0.25, 0.3) is 0 Å². The van der Waals surface area contributed by atoms with Gasteiger partial charge in [0.1, 0.15) is 8.30 Å². The number of aromatic carboxylic acids is 1. The quantitative estimate of drug-likeness (QED) is 0.791. The van der Waals surface area contributed by atoms with Crippen molar-refractivity contribution in [1.29, 1.82) is 0 Å². The molecular formula is C19H16N2O4. The highest BCUT2D eigenvalue weighted by molar-refractivity contribution is 5.93. The fourth-order valence-corrected chi connectivity index (χ4v) is 2.87. The molecule has 126 valence electrons. The van der Waals surface area contributed by atoms with Gasteiger partial charge < -0.3 is 14.6 Å². The van der Waals surface area contributed by atoms with Crippen LogP contribution in [0, 0.1) is 6.92 Å². The van der Waals surface area contributed by atoms with Crippen molar-refractivity contribution in [3.05, 3.63) is 71.0 Å². The maximum atomic E-state index is 11.6. The summed E-state index contributed by atoms with van der Waals surface area (Å²) < 4.78 is 27.2. The third kappa shape index (κ3) is 2.71. The number of nitrogens with zero attached hydrogens (tertiary/aromatic N) is 2. The maximum absolute atomic E-state index is 11.6. The van der Waals surface area contributed by atoms with Crippen LogP contribution in [0.4, 0.5) is 0 Å². The molecule has 0 unspecified atom stereocenters. The summed E-state index contributed by atoms with van der Waals surface area (Å²) in [4.78, 5) is 11.6. The van der Waals surface area contributed by atoms with Crippen LogP contribution < -0.4 is 9.47 Å². The predicted octanol–water partition coefficient (Wildman–Crippen LogP) is 3.20. The largest absolute Gasteiger partial charge is 0.478 e. The van der Waals surface area contributed by atoms with Crippen molar-refractivity contribution in [3.8, 4) is 17.2 Å². The van der Waals surface area contributed by atoms with Crippen LogP contribution in [0.3, 0.4) is 0 Å². The molecule has 1 aromatic heterocycles. The first-order valence-corrected chi connectivity index (χ1v) is 7.71. The van der Waals surface area contributed by atoms with E-state index in [-0.39, 0.29) is 17.1 Å². The third-order valence-electron chi connectivity index (χ3n) is 4.21. The Balaban J connectivity index is 1.69. The Bertz CT molecular complexity index is 1020. The second-order valence-electron chi connectivity index (χ2n) is 5.75. The topological polar surface area (TPSA) is 73.6 Å². The van der Waals surface area contributed by atoms with Crippen molar-refractivity contribution in [1.82, 2.24) is 9.78 Å². The van der Waals surface area contributed by atoms with Crippen molar-refractivity contribution < 1.29 is 22.1 Å². The van der Waals surface area contributed by atoms with Gasteiger partial charge in [0, 0.05) is 12.4 Å². The molecule has 6 heteroatoms. The minimum Gasteiger partial charge on any atom is -0.478 e. The molecule has 0 atom stereocenters. The van der Waals surface area contributed by atoms with Gasteiger partial charge in [-0.1, -0.05) is 12.1 Å². The lowest BCUT2D eigenvalue weighted by Gasteiger charge is -2.12. The molecule has 4 rings (SSSR count). The lowest BCUT2D eigenvalue weighted by molar-refractivity contribution is 0.0692. The van der Waals surface area contributed by atoms with E-state index in [1.165, 1.54) is 6.07 Å². The summed E-state index contributed by atoms with van der Waals surface area (Å²) in [6.07, 6.45) is 4.03. The SMILES string of the molecule is [2H]C1([2H])Oc2c(C(=O)O)cc(Cc3ccc(-n4cccn4)cc3)c(C)c2O1. The average Bonchev–Trinajstić information content (AvgIpc) is 3.25. The minimum absolute atomic E-state index is 0.0669. The third-order valence-corrected chi connectivity index (χ3v) is 4.21. The molecule has 1 aliphatic heterocycles. The summed E-state index contributed by atoms with van der Waals surface area (Å²) in [5, 5.41) is 13.7. The van der Waals surface area contributed by atoms with Gasteiger partial charge in [0.2, 0.25) is 6.75 Å². The number of aromatic nitrogens is 2. The second-order valence-corrected chi connectivity index (χ2v) is 5.75. The normalized spacial score (nSPS) is 15.6. The van der Waals surface area contributed by atoms with Crippen LogP contribution in [0.2, 0.25) is 0 Å². The highest BCUT2D eigenvalue weighted by Gasteiger charge is 2.26. The van der Waals surface area contributed by atoms with Gasteiger partial charge >= 0.3 is 5.97 Å². The van der Waals surface area contributed by atoms with E-state index in [9.17, 15) is 9.90 Å². The number of fused-ring (bicyclic) bond motifs is 1. The first-order valence-electron chi connectivity index (χ1n) is 8.71. The fraction of sp³-hybridized carbons (Fsp3) is 0.158. The summed E-state index contributed by atoms with van der Waals surface area (Å²) in [7, 11) is 0. The maximum Gasteiger partial charge on any atom is 0.339 e. The van der Waals surface area contributed by atoms with E-state index in [0.29, 0.717) is 12.0 Å². The highest BCUT2D eigenvalue weighted by Crippen LogP contribution is 2.41. The zero-order valence-corrected chi connectivity index (χ0v) is 13.4. The van der Waals surface area contributed by atoms with Crippen LogP contribution in [0.5, 0.6) is 11.5 Å². The van der Waals surface area contributed by atoms with E-state index in [0.717, 1.165) is 16.8 Å². The number of benzene rings is 2. The van der Waals surface area contributed by atoms with Gasteiger partial charge in [-0.2, -0.15) is 5.10 Å². The van der Waals surface area contributed by atoms with Crippen molar-refractivity contribution in [2.45, 2.75) is 13.3 Å².